The Morgan fingerprint density at radius 3 is 2.26 bits per heavy atom. The van der Waals surface area contributed by atoms with E-state index in [9.17, 15) is 8.77 Å². The number of rotatable bonds is 7. The molecule has 27 heavy (non-hydrogen) atoms. The van der Waals surface area contributed by atoms with Crippen LogP contribution in [0.5, 0.6) is 0 Å². The molecule has 0 aliphatic heterocycles. The molecule has 0 bridgehead atoms. The van der Waals surface area contributed by atoms with Gasteiger partial charge in [0, 0.05) is 44.4 Å². The fourth-order valence-electron chi connectivity index (χ4n) is 1.39. The van der Waals surface area contributed by atoms with E-state index < -0.39 is 18.7 Å². The van der Waals surface area contributed by atoms with Crippen LogP contribution in [0.25, 0.3) is 10.7 Å². The average Bonchev–Trinajstić information content (AvgIpc) is 3.17. The van der Waals surface area contributed by atoms with Crippen molar-refractivity contribution in [3.63, 3.8) is 0 Å². The van der Waals surface area contributed by atoms with Crippen LogP contribution in [0.2, 0.25) is 0 Å². The van der Waals surface area contributed by atoms with Gasteiger partial charge in [0.05, 0.1) is 11.6 Å². The summed E-state index contributed by atoms with van der Waals surface area (Å²) in [5, 5.41) is 0. The van der Waals surface area contributed by atoms with Crippen molar-refractivity contribution in [2.45, 2.75) is 13.5 Å². The first-order valence-corrected chi connectivity index (χ1v) is 11.6. The van der Waals surface area contributed by atoms with Gasteiger partial charge in [-0.25, -0.2) is 14.2 Å². The Balaban J connectivity index is 0.000000719. The maximum Gasteiger partial charge on any atom is 0.336 e. The zero-order valence-electron chi connectivity index (χ0n) is 16.1. The second-order valence-corrected chi connectivity index (χ2v) is 8.90. The molecule has 152 valence electrons. The summed E-state index contributed by atoms with van der Waals surface area (Å²) in [4.78, 5) is 9.14. The van der Waals surface area contributed by atoms with Crippen LogP contribution >= 0.6 is 19.1 Å². The molecule has 0 amide bonds. The van der Waals surface area contributed by atoms with Crippen molar-refractivity contribution in [1.82, 2.24) is 14.5 Å². The summed E-state index contributed by atoms with van der Waals surface area (Å²) in [6, 6.07) is 1.76. The summed E-state index contributed by atoms with van der Waals surface area (Å²) in [6.45, 7) is 5.70. The van der Waals surface area contributed by atoms with Gasteiger partial charge in [-0.05, 0) is 13.0 Å². The molecule has 0 spiro atoms. The minimum Gasteiger partial charge on any atom is -0.312 e. The molecule has 2 rings (SSSR count). The lowest BCUT2D eigenvalue weighted by Gasteiger charge is -2.09. The van der Waals surface area contributed by atoms with Gasteiger partial charge in [-0.3, -0.25) is 8.75 Å². The zero-order valence-corrected chi connectivity index (χ0v) is 18.6. The molecule has 2 aromatic heterocycles. The van der Waals surface area contributed by atoms with E-state index in [2.05, 4.69) is 25.2 Å². The smallest absolute Gasteiger partial charge is 0.312 e. The highest BCUT2D eigenvalue weighted by Gasteiger charge is 2.24. The first kappa shape index (κ1) is 25.6. The van der Waals surface area contributed by atoms with Crippen molar-refractivity contribution in [2.24, 2.45) is 0 Å². The summed E-state index contributed by atoms with van der Waals surface area (Å²) in [6.07, 6.45) is 8.66. The minimum atomic E-state index is -3.00. The Bertz CT molecular complexity index is 722. The molecule has 9 nitrogen and oxygen atoms in total. The molecule has 0 saturated heterocycles. The summed E-state index contributed by atoms with van der Waals surface area (Å²) in [5.41, 5.74) is 0. The Morgan fingerprint density at radius 2 is 1.81 bits per heavy atom. The highest BCUT2D eigenvalue weighted by molar-refractivity contribution is 7.79. The third-order valence-corrected chi connectivity index (χ3v) is 5.80. The van der Waals surface area contributed by atoms with Crippen molar-refractivity contribution in [1.29, 1.82) is 0 Å². The first-order valence-electron chi connectivity index (χ1n) is 7.65. The van der Waals surface area contributed by atoms with Gasteiger partial charge < -0.3 is 9.05 Å². The Hall–Kier alpha value is -1.36. The molecular weight excluding hydrogens is 411 g/mol. The lowest BCUT2D eigenvalue weighted by Crippen LogP contribution is -2.36. The zero-order chi connectivity index (χ0) is 20.7. The Labute approximate surface area is 166 Å². The standard InChI is InChI=1S/C10H14N4O3PS.C3H6.C2H6O2S/c1-16-18(15,17-2)7-6-14-8-9(19-13-14)10-11-4-3-5-12-10;1-3-2;1-4-5(2)3/h3-5,8H,6-7H2,1-2H3;3H,1H2,2H3;1-2H3/q+1;;. The molecule has 0 radical (unpaired) electrons. The average molecular weight is 438 g/mol. The van der Waals surface area contributed by atoms with Gasteiger partial charge in [-0.2, -0.15) is 0 Å². The molecular formula is C15H26N4O5PS2+. The molecule has 2 aromatic rings. The summed E-state index contributed by atoms with van der Waals surface area (Å²) in [7, 11) is 1.15. The molecule has 1 atom stereocenters. The first-order chi connectivity index (χ1) is 12.9. The highest BCUT2D eigenvalue weighted by atomic mass is 32.2. The van der Waals surface area contributed by atoms with Crippen molar-refractivity contribution in [2.75, 3.05) is 33.7 Å². The van der Waals surface area contributed by atoms with E-state index in [-0.39, 0.29) is 6.16 Å². The molecule has 0 N–H and O–H groups in total. The van der Waals surface area contributed by atoms with Crippen LogP contribution in [0.4, 0.5) is 0 Å². The van der Waals surface area contributed by atoms with Crippen LogP contribution in [0, 0.1) is 0 Å². The van der Waals surface area contributed by atoms with Crippen LogP contribution in [0.15, 0.2) is 37.3 Å². The lowest BCUT2D eigenvalue weighted by atomic mass is 10.5. The van der Waals surface area contributed by atoms with E-state index in [4.69, 9.17) is 9.05 Å². The fraction of sp³-hybridized carbons (Fsp3) is 0.467. The molecule has 0 fully saturated rings. The van der Waals surface area contributed by atoms with Gasteiger partial charge in [-0.1, -0.05) is 10.8 Å². The molecule has 2 heterocycles. The second kappa shape index (κ2) is 14.7. The van der Waals surface area contributed by atoms with Crippen LogP contribution in [-0.2, 0) is 35.4 Å². The van der Waals surface area contributed by atoms with Gasteiger partial charge >= 0.3 is 7.60 Å². The van der Waals surface area contributed by atoms with E-state index in [0.29, 0.717) is 12.4 Å². The van der Waals surface area contributed by atoms with Crippen molar-refractivity contribution in [3.8, 4) is 10.7 Å². The topological polar surface area (TPSA) is 104 Å². The predicted octanol–water partition coefficient (Wildman–Crippen LogP) is 2.49. The molecule has 0 aliphatic rings. The van der Waals surface area contributed by atoms with E-state index in [1.807, 2.05) is 13.1 Å². The molecule has 12 heteroatoms. The van der Waals surface area contributed by atoms with Crippen LogP contribution in [-0.4, -0.2) is 52.4 Å². The largest absolute Gasteiger partial charge is 0.336 e. The van der Waals surface area contributed by atoms with Crippen LogP contribution in [0.1, 0.15) is 6.92 Å². The number of nitrogens with zero attached hydrogens (tertiary/aromatic N) is 4. The Morgan fingerprint density at radius 1 is 1.30 bits per heavy atom. The SMILES string of the molecule is C=CC.COP(=O)(CC[n+]1cc(-c2ncccn2)sn1)OC.COS(C)=O. The second-order valence-electron chi connectivity index (χ2n) is 4.58. The van der Waals surface area contributed by atoms with Gasteiger partial charge in [0.1, 0.15) is 6.16 Å². The fourth-order valence-corrected chi connectivity index (χ4v) is 3.03. The van der Waals surface area contributed by atoms with Crippen molar-refractivity contribution in [3.05, 3.63) is 37.3 Å². The van der Waals surface area contributed by atoms with Crippen molar-refractivity contribution < 1.29 is 26.7 Å². The van der Waals surface area contributed by atoms with Crippen LogP contribution < -0.4 is 4.68 Å². The van der Waals surface area contributed by atoms with E-state index in [1.54, 1.807) is 29.2 Å². The molecule has 1 unspecified atom stereocenters. The summed E-state index contributed by atoms with van der Waals surface area (Å²) in [5.74, 6) is 0.625. The van der Waals surface area contributed by atoms with E-state index in [0.717, 1.165) is 4.88 Å². The summed E-state index contributed by atoms with van der Waals surface area (Å²) < 4.78 is 41.5. The number of allylic oxidation sites excluding steroid dienone is 1. The quantitative estimate of drug-likeness (QED) is 0.370. The van der Waals surface area contributed by atoms with E-state index in [1.165, 1.54) is 39.1 Å². The maximum atomic E-state index is 11.9. The van der Waals surface area contributed by atoms with Gasteiger partial charge in [0.2, 0.25) is 6.20 Å². The van der Waals surface area contributed by atoms with E-state index >= 15 is 0 Å². The molecule has 0 aromatic carbocycles. The number of hydrogen-bond donors (Lipinski definition) is 0. The lowest BCUT2D eigenvalue weighted by molar-refractivity contribution is -0.742. The Kier molecular flexibility index (Phi) is 13.9. The maximum absolute atomic E-state index is 11.9. The molecule has 0 saturated carbocycles. The minimum absolute atomic E-state index is 0.267. The predicted molar refractivity (Wildman–Crippen MR) is 107 cm³/mol. The van der Waals surface area contributed by atoms with Gasteiger partial charge in [0.15, 0.2) is 28.3 Å². The van der Waals surface area contributed by atoms with Crippen molar-refractivity contribution >= 4 is 30.2 Å². The summed E-state index contributed by atoms with van der Waals surface area (Å²) >= 11 is 0.213. The third-order valence-electron chi connectivity index (χ3n) is 2.69. The normalized spacial score (nSPS) is 11.4. The molecule has 0 aliphatic carbocycles. The van der Waals surface area contributed by atoms with Crippen LogP contribution in [0.3, 0.4) is 0 Å². The van der Waals surface area contributed by atoms with Gasteiger partial charge in [-0.15, -0.1) is 6.58 Å². The van der Waals surface area contributed by atoms with Gasteiger partial charge in [0.25, 0.3) is 0 Å². The number of aromatic nitrogens is 4. The third kappa shape index (κ3) is 11.2. The number of hydrogen-bond acceptors (Lipinski definition) is 9. The number of aryl methyl sites for hydroxylation is 1. The monoisotopic (exact) mass is 437 g/mol. The highest BCUT2D eigenvalue weighted by Crippen LogP contribution is 2.45.